The number of amides is 1. The Kier molecular flexibility index (Phi) is 6.58. The van der Waals surface area contributed by atoms with Crippen LogP contribution in [-0.2, 0) is 14.8 Å². The zero-order valence-electron chi connectivity index (χ0n) is 18.0. The molecule has 7 heteroatoms. The molecular weight excluding hydrogens is 422 g/mol. The van der Waals surface area contributed by atoms with Gasteiger partial charge in [0.2, 0.25) is 5.91 Å². The minimum atomic E-state index is -3.77. The van der Waals surface area contributed by atoms with Crippen LogP contribution in [0.2, 0.25) is 0 Å². The Labute approximate surface area is 189 Å². The molecule has 1 aliphatic heterocycles. The number of sulfonamides is 1. The average molecular weight is 450 g/mol. The van der Waals surface area contributed by atoms with Crippen molar-refractivity contribution in [2.45, 2.75) is 23.8 Å². The van der Waals surface area contributed by atoms with Gasteiger partial charge in [-0.05, 0) is 61.8 Å². The Morgan fingerprint density at radius 1 is 0.906 bits per heavy atom. The predicted molar refractivity (Wildman–Crippen MR) is 127 cm³/mol. The lowest BCUT2D eigenvalue weighted by molar-refractivity contribution is -0.121. The quantitative estimate of drug-likeness (QED) is 0.584. The van der Waals surface area contributed by atoms with Crippen LogP contribution in [0.5, 0.6) is 0 Å². The second kappa shape index (κ2) is 9.54. The SMILES string of the molecule is CN(c1ccccc1)S(=O)(=O)c1cccc(NC(=O)C(c2ccccc2)N2CCCC2)c1. The van der Waals surface area contributed by atoms with E-state index < -0.39 is 16.1 Å². The molecule has 0 aliphatic carbocycles. The Hall–Kier alpha value is -3.16. The van der Waals surface area contributed by atoms with Crippen LogP contribution >= 0.6 is 0 Å². The van der Waals surface area contributed by atoms with Crippen molar-refractivity contribution in [1.82, 2.24) is 4.90 Å². The molecule has 0 bridgehead atoms. The molecule has 1 heterocycles. The molecule has 0 radical (unpaired) electrons. The van der Waals surface area contributed by atoms with Gasteiger partial charge in [0, 0.05) is 12.7 Å². The Morgan fingerprint density at radius 2 is 1.53 bits per heavy atom. The number of nitrogens with zero attached hydrogens (tertiary/aromatic N) is 2. The molecule has 1 fully saturated rings. The summed E-state index contributed by atoms with van der Waals surface area (Å²) in [7, 11) is -2.24. The first-order chi connectivity index (χ1) is 15.5. The third-order valence-corrected chi connectivity index (χ3v) is 7.53. The minimum Gasteiger partial charge on any atom is -0.324 e. The van der Waals surface area contributed by atoms with Gasteiger partial charge in [-0.2, -0.15) is 0 Å². The van der Waals surface area contributed by atoms with Crippen LogP contribution in [0.3, 0.4) is 0 Å². The van der Waals surface area contributed by atoms with E-state index in [2.05, 4.69) is 10.2 Å². The average Bonchev–Trinajstić information content (AvgIpc) is 3.34. The first kappa shape index (κ1) is 22.0. The third kappa shape index (κ3) is 4.69. The molecule has 32 heavy (non-hydrogen) atoms. The number of rotatable bonds is 7. The molecule has 1 unspecified atom stereocenters. The number of para-hydroxylation sites is 1. The topological polar surface area (TPSA) is 69.7 Å². The lowest BCUT2D eigenvalue weighted by Crippen LogP contribution is -2.35. The Bertz CT molecular complexity index is 1160. The molecule has 1 saturated heterocycles. The van der Waals surface area contributed by atoms with Gasteiger partial charge >= 0.3 is 0 Å². The number of nitrogens with one attached hydrogen (secondary N) is 1. The summed E-state index contributed by atoms with van der Waals surface area (Å²) in [5.41, 5.74) is 1.96. The minimum absolute atomic E-state index is 0.124. The molecule has 3 aromatic rings. The molecule has 1 amide bonds. The van der Waals surface area contributed by atoms with E-state index in [9.17, 15) is 13.2 Å². The molecular formula is C25H27N3O3S. The van der Waals surface area contributed by atoms with Gasteiger partial charge in [0.15, 0.2) is 0 Å². The summed E-state index contributed by atoms with van der Waals surface area (Å²) >= 11 is 0. The van der Waals surface area contributed by atoms with Crippen molar-refractivity contribution in [2.75, 3.05) is 29.8 Å². The van der Waals surface area contributed by atoms with Gasteiger partial charge in [0.1, 0.15) is 6.04 Å². The van der Waals surface area contributed by atoms with Gasteiger partial charge in [-0.3, -0.25) is 14.0 Å². The van der Waals surface area contributed by atoms with Crippen LogP contribution in [0.15, 0.2) is 89.8 Å². The van der Waals surface area contributed by atoms with Crippen LogP contribution in [-0.4, -0.2) is 39.4 Å². The zero-order valence-corrected chi connectivity index (χ0v) is 18.8. The largest absolute Gasteiger partial charge is 0.324 e. The molecule has 3 aromatic carbocycles. The molecule has 1 atom stereocenters. The second-order valence-electron chi connectivity index (χ2n) is 7.88. The normalized spacial score (nSPS) is 15.3. The van der Waals surface area contributed by atoms with Crippen molar-refractivity contribution in [1.29, 1.82) is 0 Å². The molecule has 1 N–H and O–H groups in total. The molecule has 1 aliphatic rings. The van der Waals surface area contributed by atoms with Gasteiger partial charge < -0.3 is 5.32 Å². The highest BCUT2D eigenvalue weighted by molar-refractivity contribution is 7.92. The van der Waals surface area contributed by atoms with Crippen molar-refractivity contribution in [2.24, 2.45) is 0 Å². The smallest absolute Gasteiger partial charge is 0.264 e. The van der Waals surface area contributed by atoms with Gasteiger partial charge in [-0.1, -0.05) is 54.6 Å². The monoisotopic (exact) mass is 449 g/mol. The third-order valence-electron chi connectivity index (χ3n) is 5.75. The van der Waals surface area contributed by atoms with Gasteiger partial charge in [-0.25, -0.2) is 8.42 Å². The standard InChI is InChI=1S/C25H27N3O3S/c1-27(22-14-6-3-7-15-22)32(30,31)23-16-10-13-21(19-23)26-25(29)24(28-17-8-9-18-28)20-11-4-2-5-12-20/h2-7,10-16,19,24H,8-9,17-18H2,1H3,(H,26,29). The highest BCUT2D eigenvalue weighted by atomic mass is 32.2. The molecule has 0 aromatic heterocycles. The molecule has 166 valence electrons. The van der Waals surface area contributed by atoms with E-state index in [1.54, 1.807) is 42.5 Å². The maximum Gasteiger partial charge on any atom is 0.264 e. The number of anilines is 2. The van der Waals surface area contributed by atoms with Crippen LogP contribution in [0.1, 0.15) is 24.4 Å². The highest BCUT2D eigenvalue weighted by Gasteiger charge is 2.30. The summed E-state index contributed by atoms with van der Waals surface area (Å²) in [5.74, 6) is -0.163. The number of hydrogen-bond acceptors (Lipinski definition) is 4. The fraction of sp³-hybridized carbons (Fsp3) is 0.240. The Morgan fingerprint density at radius 3 is 2.19 bits per heavy atom. The summed E-state index contributed by atoms with van der Waals surface area (Å²) in [5, 5.41) is 2.95. The highest BCUT2D eigenvalue weighted by Crippen LogP contribution is 2.28. The predicted octanol–water partition coefficient (Wildman–Crippen LogP) is 4.29. The van der Waals surface area contributed by atoms with E-state index in [0.717, 1.165) is 31.5 Å². The number of hydrogen-bond donors (Lipinski definition) is 1. The van der Waals surface area contributed by atoms with Gasteiger partial charge in [-0.15, -0.1) is 0 Å². The first-order valence-electron chi connectivity index (χ1n) is 10.7. The number of benzene rings is 3. The van der Waals surface area contributed by atoms with E-state index in [1.165, 1.54) is 17.4 Å². The number of carbonyl (C=O) groups is 1. The van der Waals surface area contributed by atoms with E-state index in [0.29, 0.717) is 11.4 Å². The summed E-state index contributed by atoms with van der Waals surface area (Å²) in [6, 6.07) is 24.6. The second-order valence-corrected chi connectivity index (χ2v) is 9.85. The lowest BCUT2D eigenvalue weighted by atomic mass is 10.0. The van der Waals surface area contributed by atoms with Crippen molar-refractivity contribution in [3.8, 4) is 0 Å². The van der Waals surface area contributed by atoms with E-state index in [4.69, 9.17) is 0 Å². The van der Waals surface area contributed by atoms with E-state index in [1.807, 2.05) is 36.4 Å². The van der Waals surface area contributed by atoms with Gasteiger partial charge in [0.05, 0.1) is 10.6 Å². The zero-order chi connectivity index (χ0) is 22.6. The number of carbonyl (C=O) groups excluding carboxylic acids is 1. The first-order valence-corrected chi connectivity index (χ1v) is 12.1. The van der Waals surface area contributed by atoms with Crippen LogP contribution in [0, 0.1) is 0 Å². The fourth-order valence-electron chi connectivity index (χ4n) is 4.04. The summed E-state index contributed by atoms with van der Waals surface area (Å²) < 4.78 is 27.5. The lowest BCUT2D eigenvalue weighted by Gasteiger charge is -2.27. The number of likely N-dealkylation sites (tertiary alicyclic amines) is 1. The van der Waals surface area contributed by atoms with Crippen LogP contribution in [0.4, 0.5) is 11.4 Å². The molecule has 0 saturated carbocycles. The Balaban J connectivity index is 1.58. The fourth-order valence-corrected chi connectivity index (χ4v) is 5.28. The van der Waals surface area contributed by atoms with Crippen LogP contribution < -0.4 is 9.62 Å². The van der Waals surface area contributed by atoms with Crippen LogP contribution in [0.25, 0.3) is 0 Å². The van der Waals surface area contributed by atoms with E-state index >= 15 is 0 Å². The summed E-state index contributed by atoms with van der Waals surface area (Å²) in [6.07, 6.45) is 2.13. The maximum absolute atomic E-state index is 13.3. The van der Waals surface area contributed by atoms with E-state index in [-0.39, 0.29) is 10.8 Å². The maximum atomic E-state index is 13.3. The van der Waals surface area contributed by atoms with Crippen molar-refractivity contribution >= 4 is 27.3 Å². The molecule has 4 rings (SSSR count). The molecule has 6 nitrogen and oxygen atoms in total. The summed E-state index contributed by atoms with van der Waals surface area (Å²) in [4.78, 5) is 15.6. The van der Waals surface area contributed by atoms with Crippen molar-refractivity contribution in [3.05, 3.63) is 90.5 Å². The summed E-state index contributed by atoms with van der Waals surface area (Å²) in [6.45, 7) is 1.73. The van der Waals surface area contributed by atoms with Gasteiger partial charge in [0.25, 0.3) is 10.0 Å². The van der Waals surface area contributed by atoms with Crippen molar-refractivity contribution < 1.29 is 13.2 Å². The van der Waals surface area contributed by atoms with Crippen molar-refractivity contribution in [3.63, 3.8) is 0 Å². The molecule has 0 spiro atoms.